The van der Waals surface area contributed by atoms with Crippen molar-refractivity contribution in [3.8, 4) is 0 Å². The van der Waals surface area contributed by atoms with Crippen LogP contribution in [0.5, 0.6) is 0 Å². The second-order valence-corrected chi connectivity index (χ2v) is 5.18. The number of esters is 1. The average Bonchev–Trinajstić information content (AvgIpc) is 3.00. The monoisotopic (exact) mass is 305 g/mol. The van der Waals surface area contributed by atoms with Gasteiger partial charge in [0.2, 0.25) is 5.91 Å². The van der Waals surface area contributed by atoms with Crippen LogP contribution < -0.4 is 5.32 Å². The van der Waals surface area contributed by atoms with Gasteiger partial charge in [-0.25, -0.2) is 4.79 Å². The first-order chi connectivity index (χ1) is 10.2. The van der Waals surface area contributed by atoms with E-state index in [4.69, 9.17) is 4.42 Å². The van der Waals surface area contributed by atoms with Gasteiger partial charge in [-0.15, -0.1) is 11.8 Å². The molecular formula is C15H15NO4S. The Kier molecular flexibility index (Phi) is 5.45. The topological polar surface area (TPSA) is 68.5 Å². The number of hydrogen-bond acceptors (Lipinski definition) is 5. The first kappa shape index (κ1) is 15.2. The van der Waals surface area contributed by atoms with Crippen LogP contribution in [0.2, 0.25) is 0 Å². The fourth-order valence-electron chi connectivity index (χ4n) is 1.68. The van der Waals surface area contributed by atoms with E-state index in [1.54, 1.807) is 30.5 Å². The lowest BCUT2D eigenvalue weighted by Crippen LogP contribution is -2.14. The zero-order valence-electron chi connectivity index (χ0n) is 11.5. The molecule has 1 aromatic heterocycles. The highest BCUT2D eigenvalue weighted by Gasteiger charge is 2.08. The molecule has 1 N–H and O–H groups in total. The van der Waals surface area contributed by atoms with Crippen molar-refractivity contribution in [2.45, 2.75) is 5.75 Å². The molecule has 0 saturated carbocycles. The maximum absolute atomic E-state index is 11.8. The fraction of sp³-hybridized carbons (Fsp3) is 0.200. The molecule has 0 spiro atoms. The Labute approximate surface area is 126 Å². The molecular weight excluding hydrogens is 290 g/mol. The van der Waals surface area contributed by atoms with Crippen LogP contribution in [0.4, 0.5) is 5.69 Å². The summed E-state index contributed by atoms with van der Waals surface area (Å²) in [7, 11) is 1.32. The van der Waals surface area contributed by atoms with Gasteiger partial charge in [0, 0.05) is 5.69 Å². The third-order valence-electron chi connectivity index (χ3n) is 2.63. The Balaban J connectivity index is 1.83. The van der Waals surface area contributed by atoms with Gasteiger partial charge in [-0.1, -0.05) is 6.07 Å². The lowest BCUT2D eigenvalue weighted by molar-refractivity contribution is -0.113. The van der Waals surface area contributed by atoms with E-state index in [0.717, 1.165) is 5.76 Å². The first-order valence-electron chi connectivity index (χ1n) is 6.27. The summed E-state index contributed by atoms with van der Waals surface area (Å²) in [6.45, 7) is 0. The molecule has 110 valence electrons. The molecule has 1 heterocycles. The number of hydrogen-bond donors (Lipinski definition) is 1. The molecule has 5 nitrogen and oxygen atoms in total. The Morgan fingerprint density at radius 3 is 2.86 bits per heavy atom. The van der Waals surface area contributed by atoms with Crippen LogP contribution in [0.25, 0.3) is 0 Å². The van der Waals surface area contributed by atoms with Crippen molar-refractivity contribution in [2.24, 2.45) is 0 Å². The van der Waals surface area contributed by atoms with Crippen molar-refractivity contribution in [3.05, 3.63) is 54.0 Å². The van der Waals surface area contributed by atoms with Crippen molar-refractivity contribution in [2.75, 3.05) is 18.2 Å². The van der Waals surface area contributed by atoms with Crippen molar-refractivity contribution >= 4 is 29.3 Å². The normalized spacial score (nSPS) is 10.1. The summed E-state index contributed by atoms with van der Waals surface area (Å²) in [4.78, 5) is 23.2. The quantitative estimate of drug-likeness (QED) is 0.831. The summed E-state index contributed by atoms with van der Waals surface area (Å²) in [5.41, 5.74) is 0.972. The third kappa shape index (κ3) is 4.68. The first-order valence-corrected chi connectivity index (χ1v) is 7.43. The van der Waals surface area contributed by atoms with Gasteiger partial charge in [0.1, 0.15) is 5.76 Å². The predicted molar refractivity (Wildman–Crippen MR) is 81.3 cm³/mol. The van der Waals surface area contributed by atoms with Gasteiger partial charge >= 0.3 is 5.97 Å². The van der Waals surface area contributed by atoms with E-state index in [1.807, 2.05) is 12.1 Å². The summed E-state index contributed by atoms with van der Waals surface area (Å²) in [6, 6.07) is 10.3. The number of anilines is 1. The van der Waals surface area contributed by atoms with Crippen LogP contribution in [0.3, 0.4) is 0 Å². The maximum atomic E-state index is 11.8. The van der Waals surface area contributed by atoms with Crippen LogP contribution in [0, 0.1) is 0 Å². The molecule has 2 aromatic rings. The molecule has 0 aliphatic carbocycles. The number of nitrogens with one attached hydrogen (secondary N) is 1. The van der Waals surface area contributed by atoms with Crippen LogP contribution in [0.1, 0.15) is 16.1 Å². The number of carbonyl (C=O) groups excluding carboxylic acids is 2. The van der Waals surface area contributed by atoms with Crippen molar-refractivity contribution < 1.29 is 18.7 Å². The van der Waals surface area contributed by atoms with Gasteiger partial charge in [-0.2, -0.15) is 0 Å². The van der Waals surface area contributed by atoms with E-state index < -0.39 is 5.97 Å². The smallest absolute Gasteiger partial charge is 0.337 e. The number of methoxy groups -OCH3 is 1. The molecule has 0 aliphatic rings. The Morgan fingerprint density at radius 1 is 1.29 bits per heavy atom. The molecule has 0 atom stereocenters. The van der Waals surface area contributed by atoms with Gasteiger partial charge in [-0.3, -0.25) is 4.79 Å². The summed E-state index contributed by atoms with van der Waals surface area (Å²) in [5.74, 6) is 1.22. The minimum absolute atomic E-state index is 0.131. The standard InChI is InChI=1S/C15H15NO4S/c1-19-15(18)11-4-2-5-12(8-11)16-14(17)10-21-9-13-6-3-7-20-13/h2-8H,9-10H2,1H3,(H,16,17). The number of thioether (sulfide) groups is 1. The lowest BCUT2D eigenvalue weighted by Gasteiger charge is -2.06. The van der Waals surface area contributed by atoms with Crippen LogP contribution in [0.15, 0.2) is 47.1 Å². The Bertz CT molecular complexity index is 610. The minimum Gasteiger partial charge on any atom is -0.468 e. The second-order valence-electron chi connectivity index (χ2n) is 4.19. The average molecular weight is 305 g/mol. The van der Waals surface area contributed by atoms with E-state index >= 15 is 0 Å². The predicted octanol–water partition coefficient (Wildman–Crippen LogP) is 2.94. The second kappa shape index (κ2) is 7.54. The molecule has 21 heavy (non-hydrogen) atoms. The van der Waals surface area contributed by atoms with E-state index in [2.05, 4.69) is 10.1 Å². The van der Waals surface area contributed by atoms with Crippen LogP contribution in [-0.2, 0) is 15.3 Å². The highest BCUT2D eigenvalue weighted by molar-refractivity contribution is 7.99. The molecule has 2 rings (SSSR count). The number of ether oxygens (including phenoxy) is 1. The number of carbonyl (C=O) groups is 2. The number of amides is 1. The largest absolute Gasteiger partial charge is 0.468 e. The number of benzene rings is 1. The van der Waals surface area contributed by atoms with Crippen LogP contribution in [-0.4, -0.2) is 24.7 Å². The van der Waals surface area contributed by atoms with Gasteiger partial charge in [0.05, 0.1) is 30.4 Å². The summed E-state index contributed by atoms with van der Waals surface area (Å²) < 4.78 is 9.82. The number of furan rings is 1. The van der Waals surface area contributed by atoms with Crippen molar-refractivity contribution in [1.29, 1.82) is 0 Å². The number of rotatable bonds is 6. The van der Waals surface area contributed by atoms with E-state index in [1.165, 1.54) is 18.9 Å². The van der Waals surface area contributed by atoms with Crippen molar-refractivity contribution in [3.63, 3.8) is 0 Å². The Morgan fingerprint density at radius 2 is 2.14 bits per heavy atom. The van der Waals surface area contributed by atoms with Crippen molar-refractivity contribution in [1.82, 2.24) is 0 Å². The zero-order chi connectivity index (χ0) is 15.1. The molecule has 6 heteroatoms. The van der Waals surface area contributed by atoms with Gasteiger partial charge < -0.3 is 14.5 Å². The molecule has 0 radical (unpaired) electrons. The molecule has 0 bridgehead atoms. The van der Waals surface area contributed by atoms with E-state index in [9.17, 15) is 9.59 Å². The fourth-order valence-corrected chi connectivity index (χ4v) is 2.40. The van der Waals surface area contributed by atoms with Gasteiger partial charge in [0.25, 0.3) is 0 Å². The highest BCUT2D eigenvalue weighted by atomic mass is 32.2. The van der Waals surface area contributed by atoms with E-state index in [-0.39, 0.29) is 5.91 Å². The van der Waals surface area contributed by atoms with Gasteiger partial charge in [-0.05, 0) is 30.3 Å². The summed E-state index contributed by atoms with van der Waals surface area (Å²) >= 11 is 1.46. The molecule has 0 aliphatic heterocycles. The molecule has 1 aromatic carbocycles. The highest BCUT2D eigenvalue weighted by Crippen LogP contribution is 2.15. The third-order valence-corrected chi connectivity index (χ3v) is 3.58. The SMILES string of the molecule is COC(=O)c1cccc(NC(=O)CSCc2ccco2)c1. The summed E-state index contributed by atoms with van der Waals surface area (Å²) in [6.07, 6.45) is 1.61. The molecule has 0 saturated heterocycles. The zero-order valence-corrected chi connectivity index (χ0v) is 12.3. The molecule has 1 amide bonds. The summed E-state index contributed by atoms with van der Waals surface area (Å²) in [5, 5.41) is 2.74. The molecule has 0 fully saturated rings. The minimum atomic E-state index is -0.432. The Hall–Kier alpha value is -2.21. The van der Waals surface area contributed by atoms with Gasteiger partial charge in [0.15, 0.2) is 0 Å². The lowest BCUT2D eigenvalue weighted by atomic mass is 10.2. The van der Waals surface area contributed by atoms with Crippen LogP contribution >= 0.6 is 11.8 Å². The maximum Gasteiger partial charge on any atom is 0.337 e. The molecule has 0 unspecified atom stereocenters. The van der Waals surface area contributed by atoms with E-state index in [0.29, 0.717) is 22.8 Å².